The van der Waals surface area contributed by atoms with E-state index in [1.807, 2.05) is 11.8 Å². The van der Waals surface area contributed by atoms with Gasteiger partial charge >= 0.3 is 0 Å². The lowest BCUT2D eigenvalue weighted by molar-refractivity contribution is 0.993. The quantitative estimate of drug-likeness (QED) is 0.249. The molecular formula is C22H22BrNS. The molecule has 0 aliphatic carbocycles. The first-order valence-corrected chi connectivity index (χ1v) is 10.5. The van der Waals surface area contributed by atoms with Crippen LogP contribution in [-0.2, 0) is 0 Å². The lowest BCUT2D eigenvalue weighted by atomic mass is 10.0. The van der Waals surface area contributed by atoms with Gasteiger partial charge in [0.05, 0.1) is 5.25 Å². The second kappa shape index (κ2) is 9.69. The van der Waals surface area contributed by atoms with Crippen molar-refractivity contribution in [2.45, 2.75) is 16.6 Å². The van der Waals surface area contributed by atoms with Crippen molar-refractivity contribution in [3.05, 3.63) is 96.1 Å². The van der Waals surface area contributed by atoms with Gasteiger partial charge in [-0.05, 0) is 29.7 Å². The van der Waals surface area contributed by atoms with E-state index in [2.05, 4.69) is 106 Å². The van der Waals surface area contributed by atoms with Crippen LogP contribution in [0.4, 0.5) is 5.69 Å². The second-order valence-corrected chi connectivity index (χ2v) is 7.72. The summed E-state index contributed by atoms with van der Waals surface area (Å²) in [5, 5.41) is 4.87. The molecule has 0 saturated heterocycles. The third-order valence-electron chi connectivity index (χ3n) is 3.96. The van der Waals surface area contributed by atoms with Crippen LogP contribution < -0.4 is 5.32 Å². The number of thioether (sulfide) groups is 1. The molecule has 1 N–H and O–H groups in total. The molecule has 0 aromatic heterocycles. The zero-order valence-electron chi connectivity index (χ0n) is 14.1. The fraction of sp³-hybridized carbons (Fsp3) is 0.182. The Labute approximate surface area is 163 Å². The summed E-state index contributed by atoms with van der Waals surface area (Å²) < 4.78 is 0. The highest BCUT2D eigenvalue weighted by Crippen LogP contribution is 2.42. The van der Waals surface area contributed by atoms with E-state index in [0.29, 0.717) is 0 Å². The van der Waals surface area contributed by atoms with Crippen LogP contribution in [0.3, 0.4) is 0 Å². The van der Waals surface area contributed by atoms with E-state index in [1.165, 1.54) is 21.7 Å². The lowest BCUT2D eigenvalue weighted by Crippen LogP contribution is -2.04. The van der Waals surface area contributed by atoms with Crippen LogP contribution >= 0.6 is 27.7 Å². The van der Waals surface area contributed by atoms with Gasteiger partial charge in [0.1, 0.15) is 0 Å². The van der Waals surface area contributed by atoms with Crippen LogP contribution in [0.25, 0.3) is 0 Å². The third-order valence-corrected chi connectivity index (χ3v) is 5.91. The molecule has 0 unspecified atom stereocenters. The number of halogens is 1. The predicted molar refractivity (Wildman–Crippen MR) is 114 cm³/mol. The smallest absolute Gasteiger partial charge is 0.0594 e. The standard InChI is InChI=1S/C22H22BrNS/c23-16-9-17-24-20-14-7-8-15-21(20)25-22(18-10-3-1-4-11-18)19-12-5-2-6-13-19/h1-8,10-15,22,24H,9,16-17H2. The van der Waals surface area contributed by atoms with E-state index < -0.39 is 0 Å². The van der Waals surface area contributed by atoms with Crippen LogP contribution in [-0.4, -0.2) is 11.9 Å². The molecule has 0 fully saturated rings. The van der Waals surface area contributed by atoms with Gasteiger partial charge in [-0.3, -0.25) is 0 Å². The third kappa shape index (κ3) is 5.13. The molecule has 3 heteroatoms. The topological polar surface area (TPSA) is 12.0 Å². The number of hydrogen-bond acceptors (Lipinski definition) is 2. The number of para-hydroxylation sites is 1. The second-order valence-electron chi connectivity index (χ2n) is 5.78. The summed E-state index contributed by atoms with van der Waals surface area (Å²) in [4.78, 5) is 1.29. The Morgan fingerprint density at radius 3 is 1.92 bits per heavy atom. The van der Waals surface area contributed by atoms with Gasteiger partial charge in [0.25, 0.3) is 0 Å². The molecule has 0 amide bonds. The first-order chi connectivity index (χ1) is 12.4. The van der Waals surface area contributed by atoms with Crippen LogP contribution in [0, 0.1) is 0 Å². The number of nitrogens with one attached hydrogen (secondary N) is 1. The molecule has 0 heterocycles. The Kier molecular flexibility index (Phi) is 7.01. The SMILES string of the molecule is BrCCCNc1ccccc1SC(c1ccccc1)c1ccccc1. The van der Waals surface area contributed by atoms with Gasteiger partial charge in [0.15, 0.2) is 0 Å². The first kappa shape index (κ1) is 18.1. The van der Waals surface area contributed by atoms with Crippen LogP contribution in [0.2, 0.25) is 0 Å². The summed E-state index contributed by atoms with van der Waals surface area (Å²) in [6, 6.07) is 30.1. The highest BCUT2D eigenvalue weighted by atomic mass is 79.9. The molecule has 0 atom stereocenters. The van der Waals surface area contributed by atoms with Gasteiger partial charge in [0, 0.05) is 22.5 Å². The molecule has 3 aromatic rings. The molecule has 0 saturated carbocycles. The molecule has 0 radical (unpaired) electrons. The normalized spacial score (nSPS) is 10.8. The highest BCUT2D eigenvalue weighted by molar-refractivity contribution is 9.09. The van der Waals surface area contributed by atoms with Gasteiger partial charge in [-0.15, -0.1) is 11.8 Å². The molecule has 0 bridgehead atoms. The molecule has 0 aliphatic rings. The van der Waals surface area contributed by atoms with Crippen LogP contribution in [0.5, 0.6) is 0 Å². The fourth-order valence-electron chi connectivity index (χ4n) is 2.72. The average molecular weight is 412 g/mol. The van der Waals surface area contributed by atoms with Gasteiger partial charge in [0.2, 0.25) is 0 Å². The Morgan fingerprint density at radius 1 is 0.760 bits per heavy atom. The highest BCUT2D eigenvalue weighted by Gasteiger charge is 2.17. The van der Waals surface area contributed by atoms with E-state index in [4.69, 9.17) is 0 Å². The Morgan fingerprint density at radius 2 is 1.32 bits per heavy atom. The zero-order valence-corrected chi connectivity index (χ0v) is 16.5. The van der Waals surface area contributed by atoms with E-state index in [0.717, 1.165) is 18.3 Å². The van der Waals surface area contributed by atoms with Gasteiger partial charge in [-0.1, -0.05) is 88.7 Å². The maximum atomic E-state index is 3.57. The predicted octanol–water partition coefficient (Wildman–Crippen LogP) is 6.77. The van der Waals surface area contributed by atoms with Crippen LogP contribution in [0.1, 0.15) is 22.8 Å². The molecule has 1 nitrogen and oxygen atoms in total. The van der Waals surface area contributed by atoms with Gasteiger partial charge < -0.3 is 5.32 Å². The molecular weight excluding hydrogens is 390 g/mol. The number of hydrogen-bond donors (Lipinski definition) is 1. The molecule has 3 rings (SSSR count). The summed E-state index contributed by atoms with van der Waals surface area (Å²) >= 11 is 5.40. The number of alkyl halides is 1. The van der Waals surface area contributed by atoms with Crippen molar-refractivity contribution in [3.8, 4) is 0 Å². The summed E-state index contributed by atoms with van der Waals surface area (Å²) in [5.41, 5.74) is 3.87. The van der Waals surface area contributed by atoms with Crippen molar-refractivity contribution >= 4 is 33.4 Å². The molecule has 0 aliphatic heterocycles. The average Bonchev–Trinajstić information content (AvgIpc) is 2.69. The van der Waals surface area contributed by atoms with Gasteiger partial charge in [-0.25, -0.2) is 0 Å². The van der Waals surface area contributed by atoms with Crippen molar-refractivity contribution in [2.24, 2.45) is 0 Å². The minimum absolute atomic E-state index is 0.279. The zero-order chi connectivity index (χ0) is 17.3. The fourth-order valence-corrected chi connectivity index (χ4v) is 4.26. The Bertz CT molecular complexity index is 722. The largest absolute Gasteiger partial charge is 0.384 e. The number of anilines is 1. The molecule has 3 aromatic carbocycles. The van der Waals surface area contributed by atoms with Crippen molar-refractivity contribution in [1.82, 2.24) is 0 Å². The van der Waals surface area contributed by atoms with Crippen LogP contribution in [0.15, 0.2) is 89.8 Å². The summed E-state index contributed by atoms with van der Waals surface area (Å²) in [6.07, 6.45) is 1.11. The first-order valence-electron chi connectivity index (χ1n) is 8.54. The van der Waals surface area contributed by atoms with E-state index in [-0.39, 0.29) is 5.25 Å². The minimum Gasteiger partial charge on any atom is -0.384 e. The summed E-state index contributed by atoms with van der Waals surface area (Å²) in [5.74, 6) is 0. The lowest BCUT2D eigenvalue weighted by Gasteiger charge is -2.20. The van der Waals surface area contributed by atoms with Crippen molar-refractivity contribution in [1.29, 1.82) is 0 Å². The van der Waals surface area contributed by atoms with Crippen molar-refractivity contribution < 1.29 is 0 Å². The van der Waals surface area contributed by atoms with Crippen molar-refractivity contribution in [3.63, 3.8) is 0 Å². The van der Waals surface area contributed by atoms with E-state index >= 15 is 0 Å². The number of benzene rings is 3. The summed E-state index contributed by atoms with van der Waals surface area (Å²) in [7, 11) is 0. The Balaban J connectivity index is 1.89. The van der Waals surface area contributed by atoms with E-state index in [9.17, 15) is 0 Å². The minimum atomic E-state index is 0.279. The van der Waals surface area contributed by atoms with E-state index in [1.54, 1.807) is 0 Å². The number of rotatable bonds is 8. The monoisotopic (exact) mass is 411 g/mol. The van der Waals surface area contributed by atoms with Gasteiger partial charge in [-0.2, -0.15) is 0 Å². The Hall–Kier alpha value is -1.71. The molecule has 25 heavy (non-hydrogen) atoms. The molecule has 128 valence electrons. The summed E-state index contributed by atoms with van der Waals surface area (Å²) in [6.45, 7) is 0.976. The van der Waals surface area contributed by atoms with Crippen molar-refractivity contribution in [2.75, 3.05) is 17.2 Å². The molecule has 0 spiro atoms. The maximum Gasteiger partial charge on any atom is 0.0594 e. The maximum absolute atomic E-state index is 3.57.